The van der Waals surface area contributed by atoms with E-state index >= 15 is 0 Å². The molecule has 0 unspecified atom stereocenters. The number of ether oxygens (including phenoxy) is 1. The lowest BCUT2D eigenvalue weighted by molar-refractivity contribution is -0.137. The predicted octanol–water partition coefficient (Wildman–Crippen LogP) is 4.59. The number of hydrogen-bond donors (Lipinski definition) is 2. The van der Waals surface area contributed by atoms with E-state index in [0.717, 1.165) is 17.8 Å². The molecule has 1 fully saturated rings. The summed E-state index contributed by atoms with van der Waals surface area (Å²) in [6, 6.07) is 16.7. The number of piperazine rings is 1. The summed E-state index contributed by atoms with van der Waals surface area (Å²) in [5, 5.41) is 30.2. The molecule has 11 heteroatoms. The van der Waals surface area contributed by atoms with Crippen molar-refractivity contribution in [2.45, 2.75) is 18.3 Å². The van der Waals surface area contributed by atoms with Gasteiger partial charge in [-0.2, -0.15) is 18.4 Å². The van der Waals surface area contributed by atoms with Gasteiger partial charge in [-0.1, -0.05) is 23.7 Å². The number of aliphatic hydroxyl groups excluding tert-OH is 2. The molecule has 2 aromatic carbocycles. The third kappa shape index (κ3) is 6.55. The number of anilines is 1. The summed E-state index contributed by atoms with van der Waals surface area (Å²) in [4.78, 5) is 7.95. The lowest BCUT2D eigenvalue weighted by atomic mass is 9.99. The van der Waals surface area contributed by atoms with Gasteiger partial charge in [0.2, 0.25) is 0 Å². The fourth-order valence-electron chi connectivity index (χ4n) is 4.48. The lowest BCUT2D eigenvalue weighted by Gasteiger charge is -2.44. The molecule has 7 nitrogen and oxygen atoms in total. The van der Waals surface area contributed by atoms with Crippen molar-refractivity contribution in [2.24, 2.45) is 0 Å². The number of hydrogen-bond acceptors (Lipinski definition) is 7. The molecular weight excluding hydrogens is 521 g/mol. The Kier molecular flexibility index (Phi) is 8.74. The highest BCUT2D eigenvalue weighted by molar-refractivity contribution is 6.30. The zero-order chi connectivity index (χ0) is 27.3. The molecule has 2 heterocycles. The Morgan fingerprint density at radius 1 is 1.13 bits per heavy atom. The molecule has 4 rings (SSSR count). The van der Waals surface area contributed by atoms with Gasteiger partial charge in [0.15, 0.2) is 0 Å². The SMILES string of the molecule is N#Cc1cc(OCCO)ccc1N1CCN(C[C@@H](O)c2ccc(C(F)(F)F)cn2)C[C@H]1c1ccc(Cl)cc1. The second-order valence-electron chi connectivity index (χ2n) is 8.87. The van der Waals surface area contributed by atoms with Crippen LogP contribution >= 0.6 is 11.6 Å². The van der Waals surface area contributed by atoms with E-state index in [1.54, 1.807) is 24.3 Å². The van der Waals surface area contributed by atoms with E-state index in [4.69, 9.17) is 21.4 Å². The van der Waals surface area contributed by atoms with Gasteiger partial charge in [-0.15, -0.1) is 0 Å². The second kappa shape index (κ2) is 12.0. The number of aliphatic hydroxyl groups is 2. The number of benzene rings is 2. The maximum absolute atomic E-state index is 12.9. The Balaban J connectivity index is 1.56. The normalized spacial score (nSPS) is 17.2. The van der Waals surface area contributed by atoms with E-state index in [0.29, 0.717) is 41.7 Å². The quantitative estimate of drug-likeness (QED) is 0.427. The van der Waals surface area contributed by atoms with Gasteiger partial charge in [0.1, 0.15) is 24.5 Å². The molecule has 0 amide bonds. The summed E-state index contributed by atoms with van der Waals surface area (Å²) < 4.78 is 44.1. The maximum atomic E-state index is 12.9. The minimum atomic E-state index is -4.50. The molecule has 2 N–H and O–H groups in total. The Morgan fingerprint density at radius 3 is 2.53 bits per heavy atom. The molecule has 2 atom stereocenters. The summed E-state index contributed by atoms with van der Waals surface area (Å²) in [7, 11) is 0. The first-order valence-electron chi connectivity index (χ1n) is 11.9. The number of nitrogens with zero attached hydrogens (tertiary/aromatic N) is 4. The van der Waals surface area contributed by atoms with Gasteiger partial charge in [-0.25, -0.2) is 0 Å². The second-order valence-corrected chi connectivity index (χ2v) is 9.30. The topological polar surface area (TPSA) is 92.9 Å². The number of nitriles is 1. The third-order valence-corrected chi connectivity index (χ3v) is 6.62. The van der Waals surface area contributed by atoms with E-state index < -0.39 is 17.8 Å². The number of halogens is 4. The van der Waals surface area contributed by atoms with E-state index in [9.17, 15) is 23.5 Å². The first-order chi connectivity index (χ1) is 18.2. The molecule has 200 valence electrons. The van der Waals surface area contributed by atoms with Gasteiger partial charge < -0.3 is 19.8 Å². The molecule has 0 radical (unpaired) electrons. The van der Waals surface area contributed by atoms with Crippen molar-refractivity contribution in [1.29, 1.82) is 5.26 Å². The van der Waals surface area contributed by atoms with Crippen LogP contribution in [-0.4, -0.2) is 59.5 Å². The van der Waals surface area contributed by atoms with Crippen molar-refractivity contribution in [2.75, 3.05) is 44.3 Å². The van der Waals surface area contributed by atoms with Crippen LogP contribution in [-0.2, 0) is 6.18 Å². The van der Waals surface area contributed by atoms with Crippen LogP contribution in [0.5, 0.6) is 5.75 Å². The molecule has 1 aromatic heterocycles. The Bertz CT molecular complexity index is 1270. The minimum Gasteiger partial charge on any atom is -0.491 e. The van der Waals surface area contributed by atoms with Crippen LogP contribution in [0.4, 0.5) is 18.9 Å². The van der Waals surface area contributed by atoms with Crippen LogP contribution < -0.4 is 9.64 Å². The monoisotopic (exact) mass is 546 g/mol. The van der Waals surface area contributed by atoms with Gasteiger partial charge in [-0.3, -0.25) is 9.88 Å². The molecular formula is C27H26ClF3N4O3. The summed E-state index contributed by atoms with van der Waals surface area (Å²) >= 11 is 6.11. The van der Waals surface area contributed by atoms with Crippen molar-refractivity contribution in [3.05, 3.63) is 88.2 Å². The minimum absolute atomic E-state index is 0.117. The van der Waals surface area contributed by atoms with Crippen LogP contribution in [0.1, 0.15) is 34.5 Å². The molecule has 1 saturated heterocycles. The van der Waals surface area contributed by atoms with Crippen molar-refractivity contribution < 1.29 is 28.1 Å². The number of aromatic nitrogens is 1. The van der Waals surface area contributed by atoms with Gasteiger partial charge in [-0.05, 0) is 48.0 Å². The summed E-state index contributed by atoms with van der Waals surface area (Å²) in [6.45, 7) is 1.69. The smallest absolute Gasteiger partial charge is 0.417 e. The van der Waals surface area contributed by atoms with Crippen LogP contribution in [0.3, 0.4) is 0 Å². The van der Waals surface area contributed by atoms with Crippen LogP contribution in [0.25, 0.3) is 0 Å². The molecule has 38 heavy (non-hydrogen) atoms. The average molecular weight is 547 g/mol. The van der Waals surface area contributed by atoms with E-state index in [-0.39, 0.29) is 31.5 Å². The zero-order valence-corrected chi connectivity index (χ0v) is 21.0. The number of alkyl halides is 3. The highest BCUT2D eigenvalue weighted by Crippen LogP contribution is 2.35. The largest absolute Gasteiger partial charge is 0.491 e. The Labute approximate surface area is 223 Å². The Hall–Kier alpha value is -3.36. The number of β-amino-alcohol motifs (C(OH)–C–C–N with tert-alkyl or cyclic N) is 1. The van der Waals surface area contributed by atoms with Crippen LogP contribution in [0.2, 0.25) is 5.02 Å². The fourth-order valence-corrected chi connectivity index (χ4v) is 4.61. The van der Waals surface area contributed by atoms with Gasteiger partial charge in [0.05, 0.1) is 35.2 Å². The van der Waals surface area contributed by atoms with E-state index in [1.165, 1.54) is 6.07 Å². The zero-order valence-electron chi connectivity index (χ0n) is 20.3. The molecule has 1 aliphatic heterocycles. The van der Waals surface area contributed by atoms with Crippen molar-refractivity contribution in [3.8, 4) is 11.8 Å². The number of pyridine rings is 1. The Morgan fingerprint density at radius 2 is 1.89 bits per heavy atom. The highest BCUT2D eigenvalue weighted by atomic mass is 35.5. The maximum Gasteiger partial charge on any atom is 0.417 e. The highest BCUT2D eigenvalue weighted by Gasteiger charge is 2.33. The summed E-state index contributed by atoms with van der Waals surface area (Å²) in [6.07, 6.45) is -4.85. The van der Waals surface area contributed by atoms with E-state index in [2.05, 4.69) is 16.0 Å². The summed E-state index contributed by atoms with van der Waals surface area (Å²) in [5.41, 5.74) is 1.38. The first kappa shape index (κ1) is 27.7. The standard InChI is InChI=1S/C27H26ClF3N4O3/c28-21-4-1-18(2-5-21)25-16-34(17-26(37)23-7-3-20(15-33-23)27(29,30)31)9-10-35(25)24-8-6-22(38-12-11-36)13-19(24)14-32/h1-8,13,15,25-26,36-37H,9-12,16-17H2/t25-,26+/m0/s1. The molecule has 1 aliphatic rings. The van der Waals surface area contributed by atoms with Crippen molar-refractivity contribution in [1.82, 2.24) is 9.88 Å². The van der Waals surface area contributed by atoms with E-state index in [1.807, 2.05) is 23.1 Å². The first-order valence-corrected chi connectivity index (χ1v) is 12.3. The fraction of sp³-hybridized carbons (Fsp3) is 0.333. The summed E-state index contributed by atoms with van der Waals surface area (Å²) in [5.74, 6) is 0.480. The lowest BCUT2D eigenvalue weighted by Crippen LogP contribution is -2.49. The van der Waals surface area contributed by atoms with Gasteiger partial charge in [0.25, 0.3) is 0 Å². The third-order valence-electron chi connectivity index (χ3n) is 6.36. The average Bonchev–Trinajstić information content (AvgIpc) is 2.92. The predicted molar refractivity (Wildman–Crippen MR) is 136 cm³/mol. The molecule has 0 bridgehead atoms. The molecule has 3 aromatic rings. The van der Waals surface area contributed by atoms with Gasteiger partial charge in [0, 0.05) is 37.4 Å². The van der Waals surface area contributed by atoms with Crippen LogP contribution in [0, 0.1) is 11.3 Å². The number of rotatable bonds is 8. The molecule has 0 spiro atoms. The van der Waals surface area contributed by atoms with Crippen molar-refractivity contribution in [3.63, 3.8) is 0 Å². The molecule has 0 saturated carbocycles. The van der Waals surface area contributed by atoms with Crippen molar-refractivity contribution >= 4 is 17.3 Å². The molecule has 0 aliphatic carbocycles. The van der Waals surface area contributed by atoms with Gasteiger partial charge >= 0.3 is 6.18 Å². The van der Waals surface area contributed by atoms with Crippen LogP contribution in [0.15, 0.2) is 60.8 Å².